The van der Waals surface area contributed by atoms with E-state index in [1.807, 2.05) is 0 Å². The fraction of sp³-hybridized carbons (Fsp3) is 0.595. The monoisotopic (exact) mass is 889 g/mol. The highest BCUT2D eigenvalue weighted by molar-refractivity contribution is 5.97. The van der Waals surface area contributed by atoms with Crippen molar-refractivity contribution in [2.75, 3.05) is 26.2 Å². The molecule has 1 aromatic carbocycles. The van der Waals surface area contributed by atoms with Crippen LogP contribution in [0.15, 0.2) is 35.3 Å². The van der Waals surface area contributed by atoms with Crippen molar-refractivity contribution in [3.05, 3.63) is 35.9 Å². The van der Waals surface area contributed by atoms with Crippen LogP contribution in [0, 0.1) is 17.8 Å². The minimum Gasteiger partial charge on any atom is -0.393 e. The van der Waals surface area contributed by atoms with Gasteiger partial charge in [-0.05, 0) is 45.6 Å². The fourth-order valence-electron chi connectivity index (χ4n) is 6.80. The number of aliphatic imine (C=N–C) groups is 1. The van der Waals surface area contributed by atoms with Gasteiger partial charge in [-0.1, -0.05) is 30.3 Å². The Kier molecular flexibility index (Phi) is 23.0. The van der Waals surface area contributed by atoms with E-state index in [2.05, 4.69) is 31.6 Å². The second kappa shape index (κ2) is 27.2. The first-order valence-electron chi connectivity index (χ1n) is 20.9. The molecule has 21 heteroatoms. The average molecular weight is 890 g/mol. The van der Waals surface area contributed by atoms with Crippen LogP contribution in [0.1, 0.15) is 85.5 Å². The second-order valence-electron chi connectivity index (χ2n) is 15.8. The van der Waals surface area contributed by atoms with Crippen molar-refractivity contribution in [2.45, 2.75) is 115 Å². The SMILES string of the molecule is CC(=O)[C@@H](CC(=O)[C@@H]1CCC(=O)NC[C@H](NC(=O)CCC(=O)CN)C(=O)N[C@@H](CCCN=C(N)N)C(=O)N[C@@H](Cc2ccccc2)C(=O)NCC(=O)C[C@@H]([C@@H](C)O)C(=O)C1)[C@@H](C)O.[3HH]. The van der Waals surface area contributed by atoms with Crippen LogP contribution in [0.4, 0.5) is 0 Å². The normalized spacial score (nSPS) is 22.7. The van der Waals surface area contributed by atoms with Gasteiger partial charge in [0.15, 0.2) is 11.7 Å². The summed E-state index contributed by atoms with van der Waals surface area (Å²) >= 11 is 0. The largest absolute Gasteiger partial charge is 0.393 e. The summed E-state index contributed by atoms with van der Waals surface area (Å²) in [6.45, 7) is 2.34. The molecule has 0 spiro atoms. The number of nitrogens with one attached hydrogen (secondary N) is 5. The van der Waals surface area contributed by atoms with Crippen LogP contribution in [0.25, 0.3) is 0 Å². The van der Waals surface area contributed by atoms with Crippen LogP contribution >= 0.6 is 0 Å². The Hall–Kier alpha value is -5.93. The number of hydrogen-bond donors (Lipinski definition) is 10. The van der Waals surface area contributed by atoms with Crippen molar-refractivity contribution in [1.82, 2.24) is 26.6 Å². The van der Waals surface area contributed by atoms with Gasteiger partial charge in [0.2, 0.25) is 29.5 Å². The summed E-state index contributed by atoms with van der Waals surface area (Å²) in [5, 5.41) is 33.5. The molecule has 1 aromatic rings. The maximum atomic E-state index is 14.0. The maximum Gasteiger partial charge on any atom is 0.245 e. The number of carbonyl (C=O) groups is 10. The van der Waals surface area contributed by atoms with Gasteiger partial charge in [-0.25, -0.2) is 0 Å². The summed E-state index contributed by atoms with van der Waals surface area (Å²) in [6, 6.07) is 4.30. The Labute approximate surface area is 367 Å². The zero-order chi connectivity index (χ0) is 47.2. The number of nitrogens with zero attached hydrogens (tertiary/aromatic N) is 1. The van der Waals surface area contributed by atoms with Gasteiger partial charge in [0.1, 0.15) is 41.3 Å². The van der Waals surface area contributed by atoms with E-state index in [-0.39, 0.29) is 59.0 Å². The molecule has 1 aliphatic rings. The molecule has 1 aliphatic heterocycles. The van der Waals surface area contributed by atoms with Gasteiger partial charge in [0, 0.05) is 71.3 Å². The van der Waals surface area contributed by atoms with Gasteiger partial charge in [-0.2, -0.15) is 0 Å². The Morgan fingerprint density at radius 2 is 1.57 bits per heavy atom. The molecule has 0 unspecified atom stereocenters. The van der Waals surface area contributed by atoms with E-state index in [1.54, 1.807) is 30.3 Å². The number of rotatable bonds is 17. The summed E-state index contributed by atoms with van der Waals surface area (Å²) in [4.78, 5) is 137. The lowest BCUT2D eigenvalue weighted by Crippen LogP contribution is -2.59. The molecule has 0 aromatic heterocycles. The summed E-state index contributed by atoms with van der Waals surface area (Å²) < 4.78 is 0. The number of amides is 5. The number of aliphatic hydroxyl groups is 2. The van der Waals surface area contributed by atoms with Crippen molar-refractivity contribution in [1.29, 1.82) is 0 Å². The summed E-state index contributed by atoms with van der Waals surface area (Å²) in [5.74, 6) is -10.9. The zero-order valence-electron chi connectivity index (χ0n) is 36.1. The molecular formula is C42H65N9O12. The molecule has 0 saturated carbocycles. The number of nitrogens with two attached hydrogens (primary N) is 3. The highest BCUT2D eigenvalue weighted by Crippen LogP contribution is 2.24. The van der Waals surface area contributed by atoms with Gasteiger partial charge in [0.05, 0.1) is 31.2 Å². The predicted molar refractivity (Wildman–Crippen MR) is 230 cm³/mol. The lowest BCUT2D eigenvalue weighted by atomic mass is 9.81. The van der Waals surface area contributed by atoms with Crippen LogP contribution < -0.4 is 43.8 Å². The van der Waals surface area contributed by atoms with Crippen molar-refractivity contribution >= 4 is 64.4 Å². The third kappa shape index (κ3) is 19.8. The molecule has 63 heavy (non-hydrogen) atoms. The molecular weight excluding hydrogens is 823 g/mol. The smallest absolute Gasteiger partial charge is 0.245 e. The first-order valence-corrected chi connectivity index (χ1v) is 20.9. The highest BCUT2D eigenvalue weighted by Gasteiger charge is 2.35. The Bertz CT molecular complexity index is 1820. The molecule has 0 aliphatic carbocycles. The summed E-state index contributed by atoms with van der Waals surface area (Å²) in [6.07, 6.45) is -5.51. The second-order valence-corrected chi connectivity index (χ2v) is 15.8. The molecule has 1 saturated heterocycles. The minimum atomic E-state index is -1.54. The van der Waals surface area contributed by atoms with Crippen LogP contribution in [0.2, 0.25) is 0 Å². The Morgan fingerprint density at radius 3 is 2.17 bits per heavy atom. The van der Waals surface area contributed by atoms with Gasteiger partial charge in [0.25, 0.3) is 0 Å². The number of ketones is 5. The summed E-state index contributed by atoms with van der Waals surface area (Å²) in [5.41, 5.74) is 16.9. The molecule has 1 heterocycles. The van der Waals surface area contributed by atoms with E-state index in [4.69, 9.17) is 17.2 Å². The highest BCUT2D eigenvalue weighted by atomic mass is 16.3. The van der Waals surface area contributed by atoms with Gasteiger partial charge >= 0.3 is 0 Å². The first kappa shape index (κ1) is 53.2. The van der Waals surface area contributed by atoms with Crippen molar-refractivity contribution in [3.63, 3.8) is 0 Å². The topological polar surface area (TPSA) is 362 Å². The van der Waals surface area contributed by atoms with Crippen molar-refractivity contribution < 1.29 is 59.6 Å². The Morgan fingerprint density at radius 1 is 0.905 bits per heavy atom. The van der Waals surface area contributed by atoms with Crippen LogP contribution in [-0.4, -0.2) is 131 Å². The molecule has 2 rings (SSSR count). The number of aliphatic hydroxyl groups excluding tert-OH is 2. The zero-order valence-corrected chi connectivity index (χ0v) is 36.1. The number of benzene rings is 1. The molecule has 1 fully saturated rings. The molecule has 0 radical (unpaired) electrons. The van der Waals surface area contributed by atoms with E-state index in [0.29, 0.717) is 5.56 Å². The number of Topliss-reactive ketones (excluding diaryl/α,β-unsaturated/α-hetero) is 5. The van der Waals surface area contributed by atoms with Crippen molar-refractivity contribution in [2.24, 2.45) is 39.9 Å². The lowest BCUT2D eigenvalue weighted by molar-refractivity contribution is -0.136. The van der Waals surface area contributed by atoms with Crippen LogP contribution in [0.5, 0.6) is 0 Å². The van der Waals surface area contributed by atoms with E-state index < -0.39 is 145 Å². The van der Waals surface area contributed by atoms with Crippen molar-refractivity contribution in [3.8, 4) is 0 Å². The van der Waals surface area contributed by atoms with Gasteiger partial charge < -0.3 is 54.0 Å². The molecule has 0 bridgehead atoms. The maximum absolute atomic E-state index is 14.0. The third-order valence-electron chi connectivity index (χ3n) is 10.6. The predicted octanol–water partition coefficient (Wildman–Crippen LogP) is -2.61. The standard InChI is InChI=1S/C42H63N9O12.H2/c1-23(52)30(24(2)53)19-35(57)27-11-13-37(59)47-22-34(49-38(60)14-12-28(55)20-43)41(63)50-32(10-7-15-46-42(44)45)40(62)51-33(16-26-8-5-4-6-9-26)39(61)48-21-29(56)18-31(25(3)54)36(58)17-27;/h4-6,8-9,23,25,27,30-34,52,54H,7,10-22,43H2,1-3H3,(H,47,59)(H,48,61)(H,49,60)(H,50,63)(H,51,62)(H4,44,45,46);1H/t23-,25-,27-,30+,31+,32+,33+,34+;/m1./s1/i;1+2. The van der Waals surface area contributed by atoms with E-state index >= 15 is 0 Å². The van der Waals surface area contributed by atoms with Crippen LogP contribution in [0.3, 0.4) is 0 Å². The van der Waals surface area contributed by atoms with E-state index in [0.717, 1.165) is 0 Å². The van der Waals surface area contributed by atoms with Crippen LogP contribution in [-0.2, 0) is 54.4 Å². The fourth-order valence-corrected chi connectivity index (χ4v) is 6.80. The molecule has 13 N–H and O–H groups in total. The number of guanidine groups is 1. The summed E-state index contributed by atoms with van der Waals surface area (Å²) in [7, 11) is 0. The minimum absolute atomic E-state index is 0. The quantitative estimate of drug-likeness (QED) is 0.0435. The molecule has 8 atom stereocenters. The Balaban J connectivity index is 0.0000205. The van der Waals surface area contributed by atoms with Gasteiger partial charge in [-0.15, -0.1) is 0 Å². The molecule has 350 valence electrons. The third-order valence-corrected chi connectivity index (χ3v) is 10.6. The number of carbonyl (C=O) groups excluding carboxylic acids is 10. The van der Waals surface area contributed by atoms with E-state index in [1.165, 1.54) is 20.8 Å². The first-order chi connectivity index (χ1) is 29.7. The average Bonchev–Trinajstić information content (AvgIpc) is 3.22. The lowest BCUT2D eigenvalue weighted by Gasteiger charge is -2.26. The molecule has 5 amide bonds. The van der Waals surface area contributed by atoms with Gasteiger partial charge in [-0.3, -0.25) is 52.9 Å². The number of hydrogen-bond acceptors (Lipinski definition) is 14. The van der Waals surface area contributed by atoms with E-state index in [9.17, 15) is 58.2 Å². The molecule has 21 nitrogen and oxygen atoms in total.